The highest BCUT2D eigenvalue weighted by molar-refractivity contribution is 9.10. The molecule has 2 aromatic rings. The Morgan fingerprint density at radius 3 is 2.62 bits per heavy atom. The molecule has 1 N–H and O–H groups in total. The average molecular weight is 375 g/mol. The van der Waals surface area contributed by atoms with E-state index < -0.39 is 17.7 Å². The number of rotatable bonds is 5. The lowest BCUT2D eigenvalue weighted by molar-refractivity contribution is 0.520. The molecule has 0 spiro atoms. The van der Waals surface area contributed by atoms with E-state index in [4.69, 9.17) is 11.6 Å². The maximum Gasteiger partial charge on any atom is 0.129 e. The van der Waals surface area contributed by atoms with Gasteiger partial charge in [-0.05, 0) is 43.3 Å². The average Bonchev–Trinajstić information content (AvgIpc) is 2.45. The third kappa shape index (κ3) is 3.82. The Morgan fingerprint density at radius 2 is 1.95 bits per heavy atom. The minimum absolute atomic E-state index is 0.268. The van der Waals surface area contributed by atoms with Gasteiger partial charge in [0.15, 0.2) is 0 Å². The van der Waals surface area contributed by atoms with Crippen molar-refractivity contribution in [3.05, 3.63) is 68.7 Å². The Kier molecular flexibility index (Phi) is 5.73. The monoisotopic (exact) mass is 373 g/mol. The van der Waals surface area contributed by atoms with Crippen LogP contribution in [-0.4, -0.2) is 6.54 Å². The molecule has 5 heteroatoms. The van der Waals surface area contributed by atoms with Crippen LogP contribution in [0, 0.1) is 11.6 Å². The fraction of sp³-hybridized carbons (Fsp3) is 0.250. The lowest BCUT2D eigenvalue weighted by Gasteiger charge is -2.22. The van der Waals surface area contributed by atoms with E-state index in [1.54, 1.807) is 18.2 Å². The molecule has 0 saturated heterocycles. The highest BCUT2D eigenvalue weighted by Gasteiger charge is 2.23. The van der Waals surface area contributed by atoms with Crippen LogP contribution in [0.2, 0.25) is 5.02 Å². The SMILES string of the molecule is CCCNC(c1cc(Br)ccc1F)c1c(F)cccc1Cl. The summed E-state index contributed by atoms with van der Waals surface area (Å²) in [6.07, 6.45) is 0.845. The molecule has 21 heavy (non-hydrogen) atoms. The zero-order valence-electron chi connectivity index (χ0n) is 11.5. The second-order valence-electron chi connectivity index (χ2n) is 4.69. The van der Waals surface area contributed by atoms with Crippen molar-refractivity contribution in [2.24, 2.45) is 0 Å². The minimum atomic E-state index is -0.629. The van der Waals surface area contributed by atoms with Crippen molar-refractivity contribution in [3.63, 3.8) is 0 Å². The highest BCUT2D eigenvalue weighted by atomic mass is 79.9. The Hall–Kier alpha value is -0.970. The zero-order chi connectivity index (χ0) is 15.4. The normalized spacial score (nSPS) is 12.4. The van der Waals surface area contributed by atoms with E-state index in [1.165, 1.54) is 18.2 Å². The molecular weight excluding hydrogens is 360 g/mol. The number of hydrogen-bond acceptors (Lipinski definition) is 1. The second kappa shape index (κ2) is 7.34. The van der Waals surface area contributed by atoms with Crippen LogP contribution < -0.4 is 5.32 Å². The van der Waals surface area contributed by atoms with Crippen molar-refractivity contribution in [2.45, 2.75) is 19.4 Å². The quantitative estimate of drug-likeness (QED) is 0.732. The van der Waals surface area contributed by atoms with E-state index in [-0.39, 0.29) is 10.6 Å². The van der Waals surface area contributed by atoms with Gasteiger partial charge in [-0.25, -0.2) is 8.78 Å². The number of nitrogens with one attached hydrogen (secondary N) is 1. The molecule has 0 fully saturated rings. The Morgan fingerprint density at radius 1 is 1.19 bits per heavy atom. The number of halogens is 4. The van der Waals surface area contributed by atoms with Crippen LogP contribution in [-0.2, 0) is 0 Å². The van der Waals surface area contributed by atoms with Gasteiger partial charge in [-0.1, -0.05) is 40.5 Å². The molecule has 1 atom stereocenters. The van der Waals surface area contributed by atoms with Gasteiger partial charge in [-0.2, -0.15) is 0 Å². The van der Waals surface area contributed by atoms with Crippen molar-refractivity contribution < 1.29 is 8.78 Å². The molecule has 1 nitrogen and oxygen atoms in total. The molecule has 1 unspecified atom stereocenters. The topological polar surface area (TPSA) is 12.0 Å². The van der Waals surface area contributed by atoms with Gasteiger partial charge in [0.25, 0.3) is 0 Å². The summed E-state index contributed by atoms with van der Waals surface area (Å²) in [6.45, 7) is 2.62. The van der Waals surface area contributed by atoms with Gasteiger partial charge in [0.2, 0.25) is 0 Å². The van der Waals surface area contributed by atoms with Crippen molar-refractivity contribution in [3.8, 4) is 0 Å². The maximum atomic E-state index is 14.2. The summed E-state index contributed by atoms with van der Waals surface area (Å²) in [5.41, 5.74) is 0.634. The van der Waals surface area contributed by atoms with Crippen molar-refractivity contribution in [1.82, 2.24) is 5.32 Å². The third-order valence-electron chi connectivity index (χ3n) is 3.16. The first-order valence-electron chi connectivity index (χ1n) is 6.66. The zero-order valence-corrected chi connectivity index (χ0v) is 13.8. The molecule has 0 heterocycles. The van der Waals surface area contributed by atoms with Gasteiger partial charge in [0, 0.05) is 20.6 Å². The Balaban J connectivity index is 2.55. The van der Waals surface area contributed by atoms with Crippen molar-refractivity contribution in [1.29, 1.82) is 0 Å². The molecule has 0 aliphatic rings. The number of benzene rings is 2. The lowest BCUT2D eigenvalue weighted by Crippen LogP contribution is -2.25. The summed E-state index contributed by atoms with van der Waals surface area (Å²) >= 11 is 9.45. The van der Waals surface area contributed by atoms with Crippen LogP contribution in [0.1, 0.15) is 30.5 Å². The second-order valence-corrected chi connectivity index (χ2v) is 6.01. The van der Waals surface area contributed by atoms with Crippen LogP contribution in [0.25, 0.3) is 0 Å². The van der Waals surface area contributed by atoms with E-state index in [0.29, 0.717) is 12.1 Å². The van der Waals surface area contributed by atoms with E-state index in [2.05, 4.69) is 21.2 Å². The van der Waals surface area contributed by atoms with Crippen LogP contribution in [0.3, 0.4) is 0 Å². The standard InChI is InChI=1S/C16H15BrClF2N/c1-2-8-21-16(11-9-10(17)6-7-13(11)19)15-12(18)4-3-5-14(15)20/h3-7,9,16,21H,2,8H2,1H3. The molecule has 0 radical (unpaired) electrons. The molecule has 0 amide bonds. The fourth-order valence-corrected chi connectivity index (χ4v) is 2.83. The molecule has 0 aliphatic carbocycles. The van der Waals surface area contributed by atoms with E-state index in [0.717, 1.165) is 10.9 Å². The van der Waals surface area contributed by atoms with E-state index in [9.17, 15) is 8.78 Å². The molecule has 112 valence electrons. The fourth-order valence-electron chi connectivity index (χ4n) is 2.18. The van der Waals surface area contributed by atoms with Gasteiger partial charge in [0.05, 0.1) is 6.04 Å². The summed E-state index contributed by atoms with van der Waals surface area (Å²) in [5.74, 6) is -0.846. The lowest BCUT2D eigenvalue weighted by atomic mass is 9.97. The molecular formula is C16H15BrClF2N. The minimum Gasteiger partial charge on any atom is -0.306 e. The summed E-state index contributed by atoms with van der Waals surface area (Å²) in [5, 5.41) is 3.45. The first-order valence-corrected chi connectivity index (χ1v) is 7.84. The first-order chi connectivity index (χ1) is 10.0. The van der Waals surface area contributed by atoms with Gasteiger partial charge < -0.3 is 5.32 Å². The summed E-state index contributed by atoms with van der Waals surface area (Å²) in [6, 6.07) is 8.46. The van der Waals surface area contributed by atoms with Crippen LogP contribution in [0.15, 0.2) is 40.9 Å². The first kappa shape index (κ1) is 16.4. The van der Waals surface area contributed by atoms with Crippen LogP contribution >= 0.6 is 27.5 Å². The molecule has 2 rings (SSSR count). The third-order valence-corrected chi connectivity index (χ3v) is 3.98. The number of hydrogen-bond donors (Lipinski definition) is 1. The van der Waals surface area contributed by atoms with E-state index in [1.807, 2.05) is 6.92 Å². The smallest absolute Gasteiger partial charge is 0.129 e. The summed E-state index contributed by atoms with van der Waals surface area (Å²) < 4.78 is 29.1. The van der Waals surface area contributed by atoms with Crippen molar-refractivity contribution >= 4 is 27.5 Å². The molecule has 0 aliphatic heterocycles. The molecule has 2 aromatic carbocycles. The predicted molar refractivity (Wildman–Crippen MR) is 85.6 cm³/mol. The van der Waals surface area contributed by atoms with E-state index >= 15 is 0 Å². The van der Waals surface area contributed by atoms with Gasteiger partial charge in [0.1, 0.15) is 11.6 Å². The van der Waals surface area contributed by atoms with Crippen LogP contribution in [0.4, 0.5) is 8.78 Å². The van der Waals surface area contributed by atoms with Crippen molar-refractivity contribution in [2.75, 3.05) is 6.54 Å². The van der Waals surface area contributed by atoms with Crippen LogP contribution in [0.5, 0.6) is 0 Å². The van der Waals surface area contributed by atoms with Gasteiger partial charge in [-0.15, -0.1) is 0 Å². The van der Waals surface area contributed by atoms with Gasteiger partial charge >= 0.3 is 0 Å². The van der Waals surface area contributed by atoms with Gasteiger partial charge in [-0.3, -0.25) is 0 Å². The molecule has 0 saturated carbocycles. The largest absolute Gasteiger partial charge is 0.306 e. The molecule has 0 bridgehead atoms. The Labute approximate surface area is 136 Å². The highest BCUT2D eigenvalue weighted by Crippen LogP contribution is 2.33. The summed E-state index contributed by atoms with van der Waals surface area (Å²) in [7, 11) is 0. The molecule has 0 aromatic heterocycles. The summed E-state index contributed by atoms with van der Waals surface area (Å²) in [4.78, 5) is 0. The Bertz CT molecular complexity index is 613. The predicted octanol–water partition coefficient (Wildman–Crippen LogP) is 5.47. The maximum absolute atomic E-state index is 14.2.